The number of nitrogens with zero attached hydrogens (tertiary/aromatic N) is 2. The van der Waals surface area contributed by atoms with Crippen LogP contribution in [0.1, 0.15) is 24.8 Å². The summed E-state index contributed by atoms with van der Waals surface area (Å²) in [6.07, 6.45) is 2.23. The van der Waals surface area contributed by atoms with E-state index in [9.17, 15) is 13.2 Å². The van der Waals surface area contributed by atoms with E-state index in [4.69, 9.17) is 4.74 Å². The predicted molar refractivity (Wildman–Crippen MR) is 92.5 cm³/mol. The Balaban J connectivity index is 1.51. The van der Waals surface area contributed by atoms with E-state index >= 15 is 0 Å². The first-order valence-electron chi connectivity index (χ1n) is 8.96. The van der Waals surface area contributed by atoms with E-state index in [1.54, 1.807) is 12.1 Å². The highest BCUT2D eigenvalue weighted by molar-refractivity contribution is 7.89. The van der Waals surface area contributed by atoms with Gasteiger partial charge in [0, 0.05) is 26.2 Å². The number of benzene rings is 1. The molecule has 6 nitrogen and oxygen atoms in total. The molecule has 3 aliphatic heterocycles. The van der Waals surface area contributed by atoms with Crippen molar-refractivity contribution in [2.45, 2.75) is 43.3 Å². The minimum Gasteiger partial charge on any atom is -0.371 e. The quantitative estimate of drug-likeness (QED) is 0.813. The molecule has 3 aliphatic rings. The van der Waals surface area contributed by atoms with Gasteiger partial charge in [-0.15, -0.1) is 0 Å². The molecule has 1 aromatic rings. The van der Waals surface area contributed by atoms with Gasteiger partial charge in [0.15, 0.2) is 0 Å². The van der Waals surface area contributed by atoms with Crippen molar-refractivity contribution in [3.8, 4) is 0 Å². The molecule has 1 amide bonds. The van der Waals surface area contributed by atoms with Crippen molar-refractivity contribution in [3.05, 3.63) is 29.8 Å². The van der Waals surface area contributed by atoms with Gasteiger partial charge < -0.3 is 9.64 Å². The molecule has 3 heterocycles. The highest BCUT2D eigenvalue weighted by atomic mass is 32.2. The number of sulfonamides is 1. The third-order valence-corrected chi connectivity index (χ3v) is 7.36. The lowest BCUT2D eigenvalue weighted by molar-refractivity contribution is -0.136. The summed E-state index contributed by atoms with van der Waals surface area (Å²) in [5.74, 6) is -0.0686. The average molecular weight is 364 g/mol. The molecule has 7 heteroatoms. The number of amides is 1. The maximum atomic E-state index is 12.9. The van der Waals surface area contributed by atoms with Crippen LogP contribution >= 0.6 is 0 Å². The first-order chi connectivity index (χ1) is 11.9. The van der Waals surface area contributed by atoms with E-state index < -0.39 is 10.0 Å². The molecule has 4 rings (SSSR count). The molecule has 136 valence electrons. The second kappa shape index (κ2) is 6.37. The van der Waals surface area contributed by atoms with Crippen LogP contribution in [0, 0.1) is 12.8 Å². The molecule has 0 radical (unpaired) electrons. The highest BCUT2D eigenvalue weighted by Gasteiger charge is 2.48. The summed E-state index contributed by atoms with van der Waals surface area (Å²) in [5.41, 5.74) is 1.03. The number of morpholine rings is 1. The minimum absolute atomic E-state index is 0.139. The van der Waals surface area contributed by atoms with Crippen molar-refractivity contribution < 1.29 is 17.9 Å². The zero-order valence-corrected chi connectivity index (χ0v) is 15.2. The van der Waals surface area contributed by atoms with E-state index in [0.717, 1.165) is 31.5 Å². The van der Waals surface area contributed by atoms with Crippen molar-refractivity contribution in [1.29, 1.82) is 0 Å². The Morgan fingerprint density at radius 2 is 1.80 bits per heavy atom. The second-order valence-electron chi connectivity index (χ2n) is 7.31. The number of hydrogen-bond acceptors (Lipinski definition) is 4. The number of carbonyl (C=O) groups excluding carboxylic acids is 1. The Hall–Kier alpha value is -1.44. The van der Waals surface area contributed by atoms with Crippen LogP contribution in [-0.4, -0.2) is 61.9 Å². The fraction of sp³-hybridized carbons (Fsp3) is 0.611. The molecule has 0 aliphatic carbocycles. The highest BCUT2D eigenvalue weighted by Crippen LogP contribution is 2.35. The maximum Gasteiger partial charge on any atom is 0.243 e. The van der Waals surface area contributed by atoms with Crippen LogP contribution in [0.4, 0.5) is 0 Å². The van der Waals surface area contributed by atoms with Gasteiger partial charge in [-0.3, -0.25) is 4.79 Å². The first-order valence-corrected chi connectivity index (χ1v) is 10.4. The van der Waals surface area contributed by atoms with Gasteiger partial charge >= 0.3 is 0 Å². The fourth-order valence-corrected chi connectivity index (χ4v) is 5.59. The van der Waals surface area contributed by atoms with Gasteiger partial charge in [-0.1, -0.05) is 17.7 Å². The van der Waals surface area contributed by atoms with Crippen molar-refractivity contribution in [3.63, 3.8) is 0 Å². The number of fused-ring (bicyclic) bond motifs is 2. The molecule has 3 fully saturated rings. The van der Waals surface area contributed by atoms with Gasteiger partial charge in [-0.25, -0.2) is 8.42 Å². The molecule has 3 saturated heterocycles. The number of ether oxygens (including phenoxy) is 1. The Morgan fingerprint density at radius 1 is 1.12 bits per heavy atom. The van der Waals surface area contributed by atoms with E-state index in [1.807, 2.05) is 24.0 Å². The summed E-state index contributed by atoms with van der Waals surface area (Å²) in [6, 6.07) is 6.91. The number of aryl methyl sites for hydroxylation is 1. The standard InChI is InChI=1S/C18H24N2O4S/c1-13-4-6-15(7-5-13)25(22,23)20-11-14-10-16(17(12-20)24-14)18(21)19-8-2-3-9-19/h4-7,14,16-17H,2-3,8-12H2,1H3/t14-,16+,17-/m1/s1. The van der Waals surface area contributed by atoms with Crippen molar-refractivity contribution in [1.82, 2.24) is 9.21 Å². The van der Waals surface area contributed by atoms with Crippen LogP contribution < -0.4 is 0 Å². The molecule has 0 aromatic heterocycles. The van der Waals surface area contributed by atoms with Gasteiger partial charge in [0.2, 0.25) is 15.9 Å². The van der Waals surface area contributed by atoms with Gasteiger partial charge in [0.05, 0.1) is 23.0 Å². The second-order valence-corrected chi connectivity index (χ2v) is 9.24. The van der Waals surface area contributed by atoms with Crippen LogP contribution in [-0.2, 0) is 19.6 Å². The fourth-order valence-electron chi connectivity index (χ4n) is 4.11. The molecule has 25 heavy (non-hydrogen) atoms. The minimum atomic E-state index is -3.54. The zero-order chi connectivity index (χ0) is 17.6. The average Bonchev–Trinajstić information content (AvgIpc) is 3.22. The van der Waals surface area contributed by atoms with E-state index in [-0.39, 0.29) is 30.6 Å². The molecule has 0 N–H and O–H groups in total. The smallest absolute Gasteiger partial charge is 0.243 e. The number of rotatable bonds is 3. The lowest BCUT2D eigenvalue weighted by atomic mass is 9.99. The van der Waals surface area contributed by atoms with Crippen LogP contribution in [0.2, 0.25) is 0 Å². The van der Waals surface area contributed by atoms with Gasteiger partial charge in [0.25, 0.3) is 0 Å². The number of likely N-dealkylation sites (tertiary alicyclic amines) is 1. The largest absolute Gasteiger partial charge is 0.371 e. The predicted octanol–water partition coefficient (Wildman–Crippen LogP) is 1.40. The molecule has 2 bridgehead atoms. The van der Waals surface area contributed by atoms with Gasteiger partial charge in [-0.2, -0.15) is 4.31 Å². The van der Waals surface area contributed by atoms with Crippen molar-refractivity contribution in [2.75, 3.05) is 26.2 Å². The summed E-state index contributed by atoms with van der Waals surface area (Å²) in [6.45, 7) is 4.16. The Kier molecular flexibility index (Phi) is 4.33. The van der Waals surface area contributed by atoms with Crippen LogP contribution in [0.5, 0.6) is 0 Å². The van der Waals surface area contributed by atoms with Crippen molar-refractivity contribution in [2.24, 2.45) is 5.92 Å². The molecular weight excluding hydrogens is 340 g/mol. The summed E-state index contributed by atoms with van der Waals surface area (Å²) < 4.78 is 33.3. The van der Waals surface area contributed by atoms with E-state index in [1.165, 1.54) is 4.31 Å². The molecule has 0 saturated carbocycles. The lowest BCUT2D eigenvalue weighted by Gasteiger charge is -2.32. The summed E-state index contributed by atoms with van der Waals surface area (Å²) in [5, 5.41) is 0. The maximum absolute atomic E-state index is 12.9. The van der Waals surface area contributed by atoms with Crippen LogP contribution in [0.3, 0.4) is 0 Å². The first kappa shape index (κ1) is 17.0. The van der Waals surface area contributed by atoms with Crippen molar-refractivity contribution >= 4 is 15.9 Å². The number of hydrogen-bond donors (Lipinski definition) is 0. The monoisotopic (exact) mass is 364 g/mol. The Morgan fingerprint density at radius 3 is 2.48 bits per heavy atom. The van der Waals surface area contributed by atoms with E-state index in [2.05, 4.69) is 0 Å². The van der Waals surface area contributed by atoms with Gasteiger partial charge in [0.1, 0.15) is 0 Å². The summed E-state index contributed by atoms with van der Waals surface area (Å²) in [7, 11) is -3.54. The molecule has 0 unspecified atom stereocenters. The van der Waals surface area contributed by atoms with Crippen LogP contribution in [0.15, 0.2) is 29.2 Å². The topological polar surface area (TPSA) is 66.9 Å². The third kappa shape index (κ3) is 3.09. The normalized spacial score (nSPS) is 30.0. The van der Waals surface area contributed by atoms with Gasteiger partial charge in [-0.05, 0) is 38.3 Å². The third-order valence-electron chi connectivity index (χ3n) is 5.52. The summed E-state index contributed by atoms with van der Waals surface area (Å²) in [4.78, 5) is 14.9. The zero-order valence-electron chi connectivity index (χ0n) is 14.4. The SMILES string of the molecule is Cc1ccc(S(=O)(=O)N2C[C@H]3C[C@H](C(=O)N4CCCC4)[C@@H](C2)O3)cc1. The Bertz CT molecular complexity index is 756. The molecular formula is C18H24N2O4S. The molecule has 0 spiro atoms. The number of carbonyl (C=O) groups is 1. The van der Waals surface area contributed by atoms with Crippen LogP contribution in [0.25, 0.3) is 0 Å². The molecule has 3 atom stereocenters. The van der Waals surface area contributed by atoms with E-state index in [0.29, 0.717) is 17.9 Å². The molecule has 1 aromatic carbocycles. The summed E-state index contributed by atoms with van der Waals surface area (Å²) >= 11 is 0. The lowest BCUT2D eigenvalue weighted by Crippen LogP contribution is -2.48. The Labute approximate surface area is 148 Å².